The molecule has 3 rings (SSSR count). The van der Waals surface area contributed by atoms with Crippen LogP contribution < -0.4 is 5.32 Å². The first-order valence-corrected chi connectivity index (χ1v) is 7.61. The molecular formula is C16H14Cl2N2O. The molecule has 1 atom stereocenters. The summed E-state index contributed by atoms with van der Waals surface area (Å²) in [6, 6.07) is 11.3. The van der Waals surface area contributed by atoms with Crippen LogP contribution >= 0.6 is 23.2 Å². The van der Waals surface area contributed by atoms with Crippen molar-refractivity contribution < 1.29 is 4.79 Å². The Balaban J connectivity index is 1.82. The van der Waals surface area contributed by atoms with Crippen molar-refractivity contribution >= 4 is 29.1 Å². The van der Waals surface area contributed by atoms with Crippen LogP contribution in [0, 0.1) is 0 Å². The zero-order valence-corrected chi connectivity index (χ0v) is 12.8. The first kappa shape index (κ1) is 14.4. The lowest BCUT2D eigenvalue weighted by Crippen LogP contribution is -2.31. The van der Waals surface area contributed by atoms with Gasteiger partial charge in [-0.05, 0) is 42.5 Å². The van der Waals surface area contributed by atoms with Gasteiger partial charge in [0, 0.05) is 5.56 Å². The molecule has 0 fully saturated rings. The minimum absolute atomic E-state index is 0.0353. The topological polar surface area (TPSA) is 42.0 Å². The highest BCUT2D eigenvalue weighted by molar-refractivity contribution is 6.33. The van der Waals surface area contributed by atoms with Crippen molar-refractivity contribution in [2.75, 3.05) is 0 Å². The molecule has 2 aromatic rings. The fourth-order valence-corrected chi connectivity index (χ4v) is 3.20. The van der Waals surface area contributed by atoms with Gasteiger partial charge in [-0.1, -0.05) is 47.5 Å². The van der Waals surface area contributed by atoms with E-state index in [4.69, 9.17) is 23.2 Å². The maximum Gasteiger partial charge on any atom is 0.251 e. The predicted molar refractivity (Wildman–Crippen MR) is 83.8 cm³/mol. The normalized spacial score (nSPS) is 17.1. The number of nitrogens with one attached hydrogen (secondary N) is 1. The van der Waals surface area contributed by atoms with Crippen molar-refractivity contribution in [1.29, 1.82) is 0 Å². The fraction of sp³-hybridized carbons (Fsp3) is 0.250. The van der Waals surface area contributed by atoms with Gasteiger partial charge < -0.3 is 5.32 Å². The van der Waals surface area contributed by atoms with E-state index in [1.807, 2.05) is 12.1 Å². The molecule has 1 heterocycles. The molecular weight excluding hydrogens is 307 g/mol. The monoisotopic (exact) mass is 320 g/mol. The molecule has 21 heavy (non-hydrogen) atoms. The third kappa shape index (κ3) is 3.20. The summed E-state index contributed by atoms with van der Waals surface area (Å²) < 4.78 is 0. The number of halogens is 2. The highest BCUT2D eigenvalue weighted by Crippen LogP contribution is 2.29. The Kier molecular flexibility index (Phi) is 4.13. The molecule has 1 amide bonds. The third-order valence-corrected chi connectivity index (χ3v) is 4.09. The summed E-state index contributed by atoms with van der Waals surface area (Å²) in [5.74, 6) is -0.178. The number of aryl methyl sites for hydroxylation is 1. The third-order valence-electron chi connectivity index (χ3n) is 3.70. The molecule has 0 unspecified atom stereocenters. The van der Waals surface area contributed by atoms with Crippen molar-refractivity contribution in [2.24, 2.45) is 0 Å². The van der Waals surface area contributed by atoms with E-state index < -0.39 is 0 Å². The van der Waals surface area contributed by atoms with Gasteiger partial charge in [-0.3, -0.25) is 4.79 Å². The second-order valence-electron chi connectivity index (χ2n) is 5.12. The lowest BCUT2D eigenvalue weighted by atomic mass is 9.87. The molecule has 0 bridgehead atoms. The van der Waals surface area contributed by atoms with Gasteiger partial charge in [-0.25, -0.2) is 4.98 Å². The van der Waals surface area contributed by atoms with Crippen molar-refractivity contribution in [2.45, 2.75) is 25.3 Å². The predicted octanol–water partition coefficient (Wildman–Crippen LogP) is 4.20. The van der Waals surface area contributed by atoms with Crippen LogP contribution in [0.15, 0.2) is 36.4 Å². The van der Waals surface area contributed by atoms with E-state index in [0.717, 1.165) is 19.3 Å². The van der Waals surface area contributed by atoms with Gasteiger partial charge in [0.05, 0.1) is 6.04 Å². The molecule has 0 aliphatic heterocycles. The molecule has 0 spiro atoms. The van der Waals surface area contributed by atoms with E-state index in [2.05, 4.69) is 22.4 Å². The van der Waals surface area contributed by atoms with E-state index in [1.54, 1.807) is 0 Å². The Bertz CT molecular complexity index is 667. The second kappa shape index (κ2) is 6.04. The first-order chi connectivity index (χ1) is 10.1. The molecule has 1 N–H and O–H groups in total. The SMILES string of the molecule is O=C(N[C@H]1CCCc2ccccc21)c1cc(Cl)nc(Cl)c1. The van der Waals surface area contributed by atoms with Crippen LogP contribution in [-0.2, 0) is 6.42 Å². The number of hydrogen-bond donors (Lipinski definition) is 1. The van der Waals surface area contributed by atoms with Gasteiger partial charge in [0.25, 0.3) is 5.91 Å². The van der Waals surface area contributed by atoms with E-state index in [-0.39, 0.29) is 22.3 Å². The van der Waals surface area contributed by atoms with Crippen molar-refractivity contribution in [3.63, 3.8) is 0 Å². The molecule has 108 valence electrons. The van der Waals surface area contributed by atoms with Crippen LogP contribution in [-0.4, -0.2) is 10.9 Å². The minimum Gasteiger partial charge on any atom is -0.345 e. The van der Waals surface area contributed by atoms with E-state index in [0.29, 0.717) is 5.56 Å². The molecule has 5 heteroatoms. The number of hydrogen-bond acceptors (Lipinski definition) is 2. The Labute approximate surface area is 133 Å². The van der Waals surface area contributed by atoms with Crippen molar-refractivity contribution in [1.82, 2.24) is 10.3 Å². The minimum atomic E-state index is -0.178. The van der Waals surface area contributed by atoms with Crippen LogP contribution in [0.25, 0.3) is 0 Å². The number of amides is 1. The Morgan fingerprint density at radius 1 is 1.19 bits per heavy atom. The van der Waals surface area contributed by atoms with Gasteiger partial charge in [-0.15, -0.1) is 0 Å². The van der Waals surface area contributed by atoms with Gasteiger partial charge in [0.15, 0.2) is 0 Å². The largest absolute Gasteiger partial charge is 0.345 e. The molecule has 0 radical (unpaired) electrons. The summed E-state index contributed by atoms with van der Waals surface area (Å²) in [4.78, 5) is 16.2. The van der Waals surface area contributed by atoms with Gasteiger partial charge in [-0.2, -0.15) is 0 Å². The van der Waals surface area contributed by atoms with Crippen molar-refractivity contribution in [3.8, 4) is 0 Å². The quantitative estimate of drug-likeness (QED) is 0.843. The summed E-state index contributed by atoms with van der Waals surface area (Å²) in [5.41, 5.74) is 2.94. The summed E-state index contributed by atoms with van der Waals surface area (Å²) in [5, 5.41) is 3.50. The average Bonchev–Trinajstić information content (AvgIpc) is 2.46. The van der Waals surface area contributed by atoms with Crippen molar-refractivity contribution in [3.05, 3.63) is 63.4 Å². The first-order valence-electron chi connectivity index (χ1n) is 6.85. The molecule has 1 aromatic carbocycles. The number of carbonyl (C=O) groups is 1. The van der Waals surface area contributed by atoms with Crippen LogP contribution in [0.5, 0.6) is 0 Å². The fourth-order valence-electron chi connectivity index (χ4n) is 2.74. The standard InChI is InChI=1S/C16H14Cl2N2O/c17-14-8-11(9-15(18)20-14)16(21)19-13-7-3-5-10-4-1-2-6-12(10)13/h1-2,4,6,8-9,13H,3,5,7H2,(H,19,21)/t13-/m0/s1. The molecule has 1 aliphatic carbocycles. The smallest absolute Gasteiger partial charge is 0.251 e. The molecule has 1 aromatic heterocycles. The number of carbonyl (C=O) groups excluding carboxylic acids is 1. The number of pyridine rings is 1. The van der Waals surface area contributed by atoms with E-state index in [9.17, 15) is 4.79 Å². The summed E-state index contributed by atoms with van der Waals surface area (Å²) in [7, 11) is 0. The Morgan fingerprint density at radius 3 is 2.67 bits per heavy atom. The van der Waals surface area contributed by atoms with Crippen LogP contribution in [0.3, 0.4) is 0 Å². The van der Waals surface area contributed by atoms with Gasteiger partial charge in [0.1, 0.15) is 10.3 Å². The van der Waals surface area contributed by atoms with E-state index in [1.165, 1.54) is 23.3 Å². The van der Waals surface area contributed by atoms with E-state index >= 15 is 0 Å². The highest BCUT2D eigenvalue weighted by atomic mass is 35.5. The number of benzene rings is 1. The number of nitrogens with zero attached hydrogens (tertiary/aromatic N) is 1. The van der Waals surface area contributed by atoms with Crippen LogP contribution in [0.1, 0.15) is 40.4 Å². The number of rotatable bonds is 2. The lowest BCUT2D eigenvalue weighted by molar-refractivity contribution is 0.0932. The van der Waals surface area contributed by atoms with Gasteiger partial charge >= 0.3 is 0 Å². The molecule has 3 nitrogen and oxygen atoms in total. The lowest BCUT2D eigenvalue weighted by Gasteiger charge is -2.26. The Hall–Kier alpha value is -1.58. The summed E-state index contributed by atoms with van der Waals surface area (Å²) >= 11 is 11.7. The molecule has 1 aliphatic rings. The Morgan fingerprint density at radius 2 is 1.90 bits per heavy atom. The van der Waals surface area contributed by atoms with Crippen LogP contribution in [0.2, 0.25) is 10.3 Å². The highest BCUT2D eigenvalue weighted by Gasteiger charge is 2.22. The maximum absolute atomic E-state index is 12.4. The second-order valence-corrected chi connectivity index (χ2v) is 5.89. The molecule has 0 saturated heterocycles. The average molecular weight is 321 g/mol. The number of fused-ring (bicyclic) bond motifs is 1. The zero-order chi connectivity index (χ0) is 14.8. The number of aromatic nitrogens is 1. The molecule has 0 saturated carbocycles. The van der Waals surface area contributed by atoms with Gasteiger partial charge in [0.2, 0.25) is 0 Å². The summed E-state index contributed by atoms with van der Waals surface area (Å²) in [6.45, 7) is 0. The maximum atomic E-state index is 12.4. The summed E-state index contributed by atoms with van der Waals surface area (Å²) in [6.07, 6.45) is 3.07. The zero-order valence-electron chi connectivity index (χ0n) is 11.3. The van der Waals surface area contributed by atoms with Crippen LogP contribution in [0.4, 0.5) is 0 Å².